The van der Waals surface area contributed by atoms with Crippen molar-refractivity contribution in [2.75, 3.05) is 41.0 Å². The highest BCUT2D eigenvalue weighted by molar-refractivity contribution is 6.03. The Labute approximate surface area is 119 Å². The van der Waals surface area contributed by atoms with Gasteiger partial charge in [-0.3, -0.25) is 9.69 Å². The SMILES string of the molecule is COc1cc(OC)c(C(=O)CN2CCCC2)c(OC)c1. The van der Waals surface area contributed by atoms with E-state index < -0.39 is 0 Å². The highest BCUT2D eigenvalue weighted by Crippen LogP contribution is 2.34. The standard InChI is InChI=1S/C15H21NO4/c1-18-11-8-13(19-2)15(14(9-11)20-3)12(17)10-16-6-4-5-7-16/h8-9H,4-7,10H2,1-3H3. The van der Waals surface area contributed by atoms with Crippen molar-refractivity contribution >= 4 is 5.78 Å². The van der Waals surface area contributed by atoms with Crippen LogP contribution in [0.5, 0.6) is 17.2 Å². The number of nitrogens with zero attached hydrogens (tertiary/aromatic N) is 1. The number of ether oxygens (including phenoxy) is 3. The molecule has 1 aromatic carbocycles. The van der Waals surface area contributed by atoms with Gasteiger partial charge < -0.3 is 14.2 Å². The fourth-order valence-electron chi connectivity index (χ4n) is 2.50. The maximum atomic E-state index is 12.5. The lowest BCUT2D eigenvalue weighted by atomic mass is 10.1. The molecule has 20 heavy (non-hydrogen) atoms. The molecule has 1 aliphatic heterocycles. The zero-order valence-electron chi connectivity index (χ0n) is 12.3. The molecule has 0 amide bonds. The number of hydrogen-bond acceptors (Lipinski definition) is 5. The van der Waals surface area contributed by atoms with Gasteiger partial charge in [0.15, 0.2) is 5.78 Å². The number of hydrogen-bond donors (Lipinski definition) is 0. The molecule has 0 spiro atoms. The summed E-state index contributed by atoms with van der Waals surface area (Å²) >= 11 is 0. The van der Waals surface area contributed by atoms with Crippen LogP contribution in [0.3, 0.4) is 0 Å². The Morgan fingerprint density at radius 1 is 1.05 bits per heavy atom. The topological polar surface area (TPSA) is 48.0 Å². The lowest BCUT2D eigenvalue weighted by Gasteiger charge is -2.17. The maximum Gasteiger partial charge on any atom is 0.184 e. The van der Waals surface area contributed by atoms with Gasteiger partial charge in [0, 0.05) is 12.1 Å². The monoisotopic (exact) mass is 279 g/mol. The molecule has 0 radical (unpaired) electrons. The van der Waals surface area contributed by atoms with Gasteiger partial charge in [-0.25, -0.2) is 0 Å². The molecule has 0 unspecified atom stereocenters. The highest BCUT2D eigenvalue weighted by atomic mass is 16.5. The second kappa shape index (κ2) is 6.61. The van der Waals surface area contributed by atoms with Gasteiger partial charge in [0.05, 0.1) is 27.9 Å². The minimum absolute atomic E-state index is 0.0169. The Hall–Kier alpha value is -1.75. The number of carbonyl (C=O) groups is 1. The number of Topliss-reactive ketones (excluding diaryl/α,β-unsaturated/α-hetero) is 1. The van der Waals surface area contributed by atoms with E-state index in [1.54, 1.807) is 33.5 Å². The summed E-state index contributed by atoms with van der Waals surface area (Å²) in [6.45, 7) is 2.36. The number of benzene rings is 1. The number of carbonyl (C=O) groups excluding carboxylic acids is 1. The first-order chi connectivity index (χ1) is 9.69. The fourth-order valence-corrected chi connectivity index (χ4v) is 2.50. The molecule has 5 nitrogen and oxygen atoms in total. The van der Waals surface area contributed by atoms with Crippen molar-refractivity contribution in [1.82, 2.24) is 4.90 Å². The van der Waals surface area contributed by atoms with E-state index in [0.717, 1.165) is 25.9 Å². The van der Waals surface area contributed by atoms with Crippen LogP contribution in [0, 0.1) is 0 Å². The zero-order chi connectivity index (χ0) is 14.5. The van der Waals surface area contributed by atoms with E-state index >= 15 is 0 Å². The summed E-state index contributed by atoms with van der Waals surface area (Å²) < 4.78 is 15.8. The van der Waals surface area contributed by atoms with Gasteiger partial charge in [-0.1, -0.05) is 0 Å². The van der Waals surface area contributed by atoms with Crippen LogP contribution >= 0.6 is 0 Å². The molecule has 2 rings (SSSR count). The molecule has 0 saturated carbocycles. The van der Waals surface area contributed by atoms with E-state index in [-0.39, 0.29) is 5.78 Å². The third-order valence-corrected chi connectivity index (χ3v) is 3.56. The fraction of sp³-hybridized carbons (Fsp3) is 0.533. The Balaban J connectivity index is 2.29. The van der Waals surface area contributed by atoms with Crippen LogP contribution in [0.2, 0.25) is 0 Å². The largest absolute Gasteiger partial charge is 0.496 e. The van der Waals surface area contributed by atoms with Crippen LogP contribution in [-0.2, 0) is 0 Å². The Bertz CT molecular complexity index is 456. The quantitative estimate of drug-likeness (QED) is 0.745. The summed E-state index contributed by atoms with van der Waals surface area (Å²) in [6, 6.07) is 3.42. The molecular formula is C15H21NO4. The Morgan fingerprint density at radius 2 is 1.60 bits per heavy atom. The maximum absolute atomic E-state index is 12.5. The second-order valence-corrected chi connectivity index (χ2v) is 4.81. The van der Waals surface area contributed by atoms with Gasteiger partial charge in [-0.05, 0) is 25.9 Å². The predicted molar refractivity (Wildman–Crippen MR) is 76.1 cm³/mol. The van der Waals surface area contributed by atoms with Gasteiger partial charge in [-0.2, -0.15) is 0 Å². The van der Waals surface area contributed by atoms with Crippen LogP contribution in [0.1, 0.15) is 23.2 Å². The second-order valence-electron chi connectivity index (χ2n) is 4.81. The van der Waals surface area contributed by atoms with E-state index in [2.05, 4.69) is 4.90 Å². The molecule has 0 aromatic heterocycles. The van der Waals surface area contributed by atoms with Crippen LogP contribution in [0.25, 0.3) is 0 Å². The van der Waals surface area contributed by atoms with Crippen molar-refractivity contribution in [1.29, 1.82) is 0 Å². The van der Waals surface area contributed by atoms with Crippen molar-refractivity contribution in [3.8, 4) is 17.2 Å². The van der Waals surface area contributed by atoms with Crippen LogP contribution in [0.4, 0.5) is 0 Å². The van der Waals surface area contributed by atoms with Gasteiger partial charge in [0.1, 0.15) is 22.8 Å². The molecule has 1 aliphatic rings. The van der Waals surface area contributed by atoms with Gasteiger partial charge in [0.25, 0.3) is 0 Å². The van der Waals surface area contributed by atoms with E-state index in [1.165, 1.54) is 0 Å². The number of ketones is 1. The van der Waals surface area contributed by atoms with E-state index in [4.69, 9.17) is 14.2 Å². The van der Waals surface area contributed by atoms with Crippen molar-refractivity contribution < 1.29 is 19.0 Å². The Morgan fingerprint density at radius 3 is 2.05 bits per heavy atom. The van der Waals surface area contributed by atoms with Crippen LogP contribution in [0.15, 0.2) is 12.1 Å². The summed E-state index contributed by atoms with van der Waals surface area (Å²) in [4.78, 5) is 14.7. The molecule has 0 aliphatic carbocycles. The summed E-state index contributed by atoms with van der Waals surface area (Å²) in [6.07, 6.45) is 2.31. The van der Waals surface area contributed by atoms with Gasteiger partial charge in [-0.15, -0.1) is 0 Å². The molecule has 0 bridgehead atoms. The molecule has 1 heterocycles. The summed E-state index contributed by atoms with van der Waals surface area (Å²) in [5, 5.41) is 0. The predicted octanol–water partition coefficient (Wildman–Crippen LogP) is 1.99. The first kappa shape index (κ1) is 14.7. The highest BCUT2D eigenvalue weighted by Gasteiger charge is 2.23. The summed E-state index contributed by atoms with van der Waals surface area (Å²) in [5.74, 6) is 1.61. The van der Waals surface area contributed by atoms with Crippen molar-refractivity contribution in [3.05, 3.63) is 17.7 Å². The molecular weight excluding hydrogens is 258 g/mol. The molecule has 5 heteroatoms. The third-order valence-electron chi connectivity index (χ3n) is 3.56. The van der Waals surface area contributed by atoms with Crippen molar-refractivity contribution in [3.63, 3.8) is 0 Å². The van der Waals surface area contributed by atoms with Gasteiger partial charge in [0.2, 0.25) is 0 Å². The molecule has 1 fully saturated rings. The zero-order valence-corrected chi connectivity index (χ0v) is 12.3. The van der Waals surface area contributed by atoms with Crippen LogP contribution < -0.4 is 14.2 Å². The molecule has 0 atom stereocenters. The number of rotatable bonds is 6. The average Bonchev–Trinajstić information content (AvgIpc) is 2.98. The van der Waals surface area contributed by atoms with E-state index in [9.17, 15) is 4.79 Å². The molecule has 1 saturated heterocycles. The normalized spacial score (nSPS) is 15.2. The Kier molecular flexibility index (Phi) is 4.84. The molecule has 0 N–H and O–H groups in total. The minimum Gasteiger partial charge on any atom is -0.496 e. The smallest absolute Gasteiger partial charge is 0.184 e. The molecule has 1 aromatic rings. The van der Waals surface area contributed by atoms with Crippen molar-refractivity contribution in [2.24, 2.45) is 0 Å². The first-order valence-corrected chi connectivity index (χ1v) is 6.75. The number of likely N-dealkylation sites (tertiary alicyclic amines) is 1. The summed E-state index contributed by atoms with van der Waals surface area (Å²) in [5.41, 5.74) is 0.489. The van der Waals surface area contributed by atoms with Crippen LogP contribution in [-0.4, -0.2) is 51.6 Å². The number of methoxy groups -OCH3 is 3. The van der Waals surface area contributed by atoms with Crippen molar-refractivity contribution in [2.45, 2.75) is 12.8 Å². The summed E-state index contributed by atoms with van der Waals surface area (Å²) in [7, 11) is 4.65. The lowest BCUT2D eigenvalue weighted by Crippen LogP contribution is -2.27. The lowest BCUT2D eigenvalue weighted by molar-refractivity contribution is 0.0939. The average molecular weight is 279 g/mol. The first-order valence-electron chi connectivity index (χ1n) is 6.75. The third kappa shape index (κ3) is 3.04. The minimum atomic E-state index is 0.0169. The van der Waals surface area contributed by atoms with E-state index in [1.807, 2.05) is 0 Å². The van der Waals surface area contributed by atoms with Gasteiger partial charge >= 0.3 is 0 Å². The molecule has 110 valence electrons. The van der Waals surface area contributed by atoms with E-state index in [0.29, 0.717) is 29.4 Å².